The van der Waals surface area contributed by atoms with Gasteiger partial charge in [0.2, 0.25) is 29.6 Å². The number of oxime groups is 3. The number of thiazole rings is 2. The van der Waals surface area contributed by atoms with E-state index in [0.717, 1.165) is 52.3 Å². The van der Waals surface area contributed by atoms with Crippen molar-refractivity contribution >= 4 is 68.9 Å². The van der Waals surface area contributed by atoms with E-state index in [0.29, 0.717) is 90.6 Å². The van der Waals surface area contributed by atoms with Crippen LogP contribution in [0, 0.1) is 0 Å². The van der Waals surface area contributed by atoms with Crippen LogP contribution in [0.25, 0.3) is 0 Å². The van der Waals surface area contributed by atoms with Crippen LogP contribution in [0.15, 0.2) is 56.1 Å². The molecule has 0 atom stereocenters. The molecule has 3 aromatic rings. The van der Waals surface area contributed by atoms with Gasteiger partial charge in [-0.25, -0.2) is 27.5 Å². The molecule has 0 N–H and O–H groups in total. The lowest BCUT2D eigenvalue weighted by Crippen LogP contribution is -2.47. The molecule has 0 unspecified atom stereocenters. The Balaban J connectivity index is 0.000000155. The van der Waals surface area contributed by atoms with Crippen LogP contribution in [0.4, 0.5) is 30.7 Å². The van der Waals surface area contributed by atoms with E-state index < -0.39 is 42.9 Å². The van der Waals surface area contributed by atoms with Gasteiger partial charge in [0, 0.05) is 159 Å². The first kappa shape index (κ1) is 53.1. The van der Waals surface area contributed by atoms with Crippen molar-refractivity contribution in [1.29, 1.82) is 0 Å². The van der Waals surface area contributed by atoms with Crippen molar-refractivity contribution in [2.75, 3.05) is 39.3 Å². The van der Waals surface area contributed by atoms with Crippen LogP contribution < -0.4 is 0 Å². The molecule has 9 heterocycles. The lowest BCUT2D eigenvalue weighted by molar-refractivity contribution is -0.143. The Hall–Kier alpha value is -4.71. The van der Waals surface area contributed by atoms with Gasteiger partial charge in [-0.3, -0.25) is 14.4 Å². The lowest BCUT2D eigenvalue weighted by Gasteiger charge is -2.37. The lowest BCUT2D eigenvalue weighted by atomic mass is 9.86. The Morgan fingerprint density at radius 3 is 1.29 bits per heavy atom. The quantitative estimate of drug-likeness (QED) is 0.163. The Kier molecular flexibility index (Phi) is 17.0. The number of rotatable bonds is 12. The summed E-state index contributed by atoms with van der Waals surface area (Å²) >= 11 is 4.67. The third-order valence-corrected chi connectivity index (χ3v) is 15.7. The number of nitrogens with zero attached hydrogens (tertiary/aromatic N) is 8. The predicted octanol–water partition coefficient (Wildman–Crippen LogP) is 10.1. The molecule has 9 rings (SSSR count). The smallest absolute Gasteiger partial charge is 0.388 e. The van der Waals surface area contributed by atoms with Crippen LogP contribution in [-0.2, 0) is 28.9 Å². The average Bonchev–Trinajstić information content (AvgIpc) is 4.18. The predicted molar refractivity (Wildman–Crippen MR) is 251 cm³/mol. The van der Waals surface area contributed by atoms with Crippen LogP contribution in [-0.4, -0.2) is 134 Å². The highest BCUT2D eigenvalue weighted by atomic mass is 32.1. The number of likely N-dealkylation sites (tertiary alicyclic amines) is 3. The SMILES string of the molecule is CC(F)(F)CCC(=O)N1CCC2(CC1)CC(c1cccs1)=NO2.CC(F)(F)CCC(=O)N1CCC2(CC1)CC(c1nccs1)=NO2.O=C(CCCC(F)(F)F)N1CCC2(CC1)CC(c1nccs1)=NO2. The standard InChI is InChI=1S/C16H20F2N2O2S.C15H18F3N3O2S.C15H19F2N3O2S/c1-15(17,18)5-4-14(21)20-8-6-16(7-9-20)11-12(19-22-16)13-3-2-10-23-13;16-15(17,18)3-1-2-12(22)21-7-4-14(5-8-21)10-11(20-23-14)13-19-6-9-24-13;1-14(16,17)3-2-12(21)20-7-4-15(5-8-20)10-11(19-22-15)13-18-6-9-23-13/h2-3,10H,4-9,11H2,1H3;6,9H,1-5,7-8,10H2;6,9H,2-5,7-8,10H2,1H3. The molecule has 6 aliphatic rings. The van der Waals surface area contributed by atoms with E-state index >= 15 is 0 Å². The highest BCUT2D eigenvalue weighted by Gasteiger charge is 2.46. The van der Waals surface area contributed by atoms with Crippen molar-refractivity contribution < 1.29 is 59.6 Å². The monoisotopic (exact) mass is 1050 g/mol. The van der Waals surface area contributed by atoms with E-state index in [4.69, 9.17) is 14.5 Å². The molecule has 3 spiro atoms. The normalized spacial score (nSPS) is 20.4. The van der Waals surface area contributed by atoms with Crippen molar-refractivity contribution in [3.05, 3.63) is 55.6 Å². The first-order valence-electron chi connectivity index (χ1n) is 23.4. The molecule has 3 saturated heterocycles. The summed E-state index contributed by atoms with van der Waals surface area (Å²) in [7, 11) is 0. The first-order chi connectivity index (χ1) is 33.1. The van der Waals surface area contributed by atoms with Gasteiger partial charge in [0.05, 0.1) is 4.88 Å². The molecule has 14 nitrogen and oxygen atoms in total. The minimum atomic E-state index is -4.20. The third-order valence-electron chi connectivity index (χ3n) is 13.2. The number of hydrogen-bond acceptors (Lipinski definition) is 14. The maximum absolute atomic E-state index is 12.9. The largest absolute Gasteiger partial charge is 0.389 e. The van der Waals surface area contributed by atoms with Gasteiger partial charge in [0.1, 0.15) is 44.0 Å². The fourth-order valence-corrected chi connectivity index (χ4v) is 10.9. The van der Waals surface area contributed by atoms with Crippen molar-refractivity contribution in [3.63, 3.8) is 0 Å². The molecule has 0 radical (unpaired) electrons. The van der Waals surface area contributed by atoms with Gasteiger partial charge in [-0.05, 0) is 31.7 Å². The summed E-state index contributed by atoms with van der Waals surface area (Å²) in [5.41, 5.74) is 1.55. The molecule has 384 valence electrons. The molecule has 0 aliphatic carbocycles. The molecule has 0 saturated carbocycles. The van der Waals surface area contributed by atoms with E-state index in [1.54, 1.807) is 38.4 Å². The van der Waals surface area contributed by atoms with Crippen LogP contribution >= 0.6 is 34.0 Å². The van der Waals surface area contributed by atoms with Gasteiger partial charge in [-0.15, -0.1) is 34.0 Å². The summed E-state index contributed by atoms with van der Waals surface area (Å²) < 4.78 is 87.9. The summed E-state index contributed by atoms with van der Waals surface area (Å²) in [6, 6.07) is 4.01. The number of halogens is 7. The van der Waals surface area contributed by atoms with Gasteiger partial charge in [0.25, 0.3) is 0 Å². The van der Waals surface area contributed by atoms with Gasteiger partial charge in [-0.2, -0.15) is 13.2 Å². The summed E-state index contributed by atoms with van der Waals surface area (Å²) in [5.74, 6) is -6.20. The number of alkyl halides is 7. The molecule has 3 aromatic heterocycles. The number of piperidine rings is 3. The van der Waals surface area contributed by atoms with Crippen LogP contribution in [0.5, 0.6) is 0 Å². The topological polar surface area (TPSA) is 151 Å². The Bertz CT molecular complexity index is 2190. The zero-order valence-corrected chi connectivity index (χ0v) is 41.4. The van der Waals surface area contributed by atoms with E-state index in [1.165, 1.54) is 22.7 Å². The van der Waals surface area contributed by atoms with Crippen LogP contribution in [0.1, 0.15) is 131 Å². The fourth-order valence-electron chi connectivity index (χ4n) is 8.96. The summed E-state index contributed by atoms with van der Waals surface area (Å²) in [6.45, 7) is 4.81. The Morgan fingerprint density at radius 1 is 0.557 bits per heavy atom. The minimum absolute atomic E-state index is 0.0613. The zero-order valence-electron chi connectivity index (χ0n) is 39.0. The molecule has 6 aliphatic heterocycles. The summed E-state index contributed by atoms with van der Waals surface area (Å²) in [4.78, 5) is 67.6. The molecular formula is C46H57F7N8O6S3. The number of aromatic nitrogens is 2. The molecule has 3 fully saturated rings. The second-order valence-corrected chi connectivity index (χ2v) is 21.6. The molecule has 0 aromatic carbocycles. The van der Waals surface area contributed by atoms with E-state index in [-0.39, 0.29) is 54.6 Å². The van der Waals surface area contributed by atoms with Crippen molar-refractivity contribution in [2.45, 2.75) is 151 Å². The summed E-state index contributed by atoms with van der Waals surface area (Å²) in [5, 5.41) is 20.0. The van der Waals surface area contributed by atoms with Crippen molar-refractivity contribution in [2.24, 2.45) is 15.5 Å². The van der Waals surface area contributed by atoms with E-state index in [1.807, 2.05) is 28.3 Å². The Morgan fingerprint density at radius 2 is 0.943 bits per heavy atom. The molecule has 70 heavy (non-hydrogen) atoms. The number of carbonyl (C=O) groups excluding carboxylic acids is 3. The second-order valence-electron chi connectivity index (χ2n) is 18.9. The highest BCUT2D eigenvalue weighted by Crippen LogP contribution is 2.40. The molecular weight excluding hydrogens is 990 g/mol. The maximum Gasteiger partial charge on any atom is 0.389 e. The fraction of sp³-hybridized carbons (Fsp3) is 0.652. The first-order valence-corrected chi connectivity index (χ1v) is 26.0. The van der Waals surface area contributed by atoms with E-state index in [9.17, 15) is 45.1 Å². The van der Waals surface area contributed by atoms with E-state index in [2.05, 4.69) is 25.4 Å². The number of thiophene rings is 1. The third kappa shape index (κ3) is 14.9. The van der Waals surface area contributed by atoms with Crippen molar-refractivity contribution in [1.82, 2.24) is 24.7 Å². The van der Waals surface area contributed by atoms with Gasteiger partial charge >= 0.3 is 6.18 Å². The number of hydrogen-bond donors (Lipinski definition) is 0. The van der Waals surface area contributed by atoms with Gasteiger partial charge < -0.3 is 29.2 Å². The minimum Gasteiger partial charge on any atom is -0.388 e. The number of carbonyl (C=O) groups is 3. The summed E-state index contributed by atoms with van der Waals surface area (Å²) in [6.07, 6.45) is 3.21. The molecule has 3 amide bonds. The van der Waals surface area contributed by atoms with Crippen molar-refractivity contribution in [3.8, 4) is 0 Å². The highest BCUT2D eigenvalue weighted by molar-refractivity contribution is 7.12. The van der Waals surface area contributed by atoms with Crippen LogP contribution in [0.3, 0.4) is 0 Å². The average molecular weight is 1050 g/mol. The zero-order chi connectivity index (χ0) is 50.2. The maximum atomic E-state index is 12.9. The van der Waals surface area contributed by atoms with Gasteiger partial charge in [0.15, 0.2) is 0 Å². The molecule has 24 heteroatoms. The van der Waals surface area contributed by atoms with Gasteiger partial charge in [-0.1, -0.05) is 21.5 Å². The second kappa shape index (κ2) is 22.4. The molecule has 0 bridgehead atoms. The number of amides is 3. The van der Waals surface area contributed by atoms with Crippen LogP contribution in [0.2, 0.25) is 0 Å². The Labute approximate surface area is 413 Å².